The molecule has 0 unspecified atom stereocenters. The highest BCUT2D eigenvalue weighted by atomic mass is 16.4. The largest absolute Gasteiger partial charge is 0.480 e. The number of nitrogens with zero attached hydrogens (tertiary/aromatic N) is 2. The van der Waals surface area contributed by atoms with Crippen LogP contribution in [0.4, 0.5) is 0 Å². The molecule has 0 aliphatic carbocycles. The summed E-state index contributed by atoms with van der Waals surface area (Å²) < 4.78 is 1.75. The number of carbonyl (C=O) groups is 2. The number of amides is 1. The van der Waals surface area contributed by atoms with Crippen molar-refractivity contribution in [1.29, 1.82) is 0 Å². The molecule has 0 spiro atoms. The van der Waals surface area contributed by atoms with E-state index in [0.29, 0.717) is 6.42 Å². The van der Waals surface area contributed by atoms with Gasteiger partial charge >= 0.3 is 5.97 Å². The summed E-state index contributed by atoms with van der Waals surface area (Å²) in [6.07, 6.45) is 0.659. The summed E-state index contributed by atoms with van der Waals surface area (Å²) in [5.74, 6) is -1.64. The van der Waals surface area contributed by atoms with Crippen molar-refractivity contribution < 1.29 is 19.8 Å². The van der Waals surface area contributed by atoms with Gasteiger partial charge in [0.05, 0.1) is 12.3 Å². The fraction of sp³-hybridized carbons (Fsp3) is 0.583. The number of aliphatic hydroxyl groups excluding tert-OH is 1. The van der Waals surface area contributed by atoms with Gasteiger partial charge in [0.25, 0.3) is 0 Å². The van der Waals surface area contributed by atoms with Crippen molar-refractivity contribution >= 4 is 11.9 Å². The number of aliphatic carboxylic acids is 1. The van der Waals surface area contributed by atoms with E-state index in [0.717, 1.165) is 17.0 Å². The van der Waals surface area contributed by atoms with Crippen LogP contribution in [0.25, 0.3) is 0 Å². The van der Waals surface area contributed by atoms with E-state index in [-0.39, 0.29) is 6.42 Å². The van der Waals surface area contributed by atoms with E-state index >= 15 is 0 Å². The maximum Gasteiger partial charge on any atom is 0.328 e. The smallest absolute Gasteiger partial charge is 0.328 e. The molecule has 0 radical (unpaired) electrons. The molecule has 0 bridgehead atoms. The second-order valence-corrected chi connectivity index (χ2v) is 4.41. The third-order valence-electron chi connectivity index (χ3n) is 3.08. The lowest BCUT2D eigenvalue weighted by Crippen LogP contribution is -2.43. The molecular formula is C12H19N3O4. The number of nitrogens with one attached hydrogen (secondary N) is 1. The molecular weight excluding hydrogens is 250 g/mol. The second-order valence-electron chi connectivity index (χ2n) is 4.41. The highest BCUT2D eigenvalue weighted by Crippen LogP contribution is 2.13. The Morgan fingerprint density at radius 2 is 2.05 bits per heavy atom. The van der Waals surface area contributed by atoms with Crippen LogP contribution in [0.3, 0.4) is 0 Å². The van der Waals surface area contributed by atoms with Crippen molar-refractivity contribution in [2.45, 2.75) is 32.7 Å². The van der Waals surface area contributed by atoms with Crippen molar-refractivity contribution in [2.24, 2.45) is 7.05 Å². The van der Waals surface area contributed by atoms with E-state index in [1.54, 1.807) is 4.68 Å². The Labute approximate surface area is 111 Å². The van der Waals surface area contributed by atoms with Gasteiger partial charge in [-0.2, -0.15) is 5.10 Å². The molecule has 1 aromatic heterocycles. The fourth-order valence-corrected chi connectivity index (χ4v) is 1.87. The van der Waals surface area contributed by atoms with Crippen LogP contribution in [0.2, 0.25) is 0 Å². The number of aromatic nitrogens is 2. The summed E-state index contributed by atoms with van der Waals surface area (Å²) in [7, 11) is 1.83. The third kappa shape index (κ3) is 3.78. The Hall–Kier alpha value is -1.89. The van der Waals surface area contributed by atoms with Crippen LogP contribution in [-0.4, -0.2) is 44.5 Å². The lowest BCUT2D eigenvalue weighted by atomic mass is 10.1. The van der Waals surface area contributed by atoms with Crippen LogP contribution < -0.4 is 5.32 Å². The van der Waals surface area contributed by atoms with Gasteiger partial charge in [0.1, 0.15) is 6.04 Å². The average Bonchev–Trinajstić information content (AvgIpc) is 2.58. The minimum Gasteiger partial charge on any atom is -0.480 e. The van der Waals surface area contributed by atoms with E-state index in [2.05, 4.69) is 10.4 Å². The second kappa shape index (κ2) is 6.33. The minimum absolute atomic E-state index is 0.164. The predicted octanol–water partition coefficient (Wildman–Crippen LogP) is -0.469. The molecule has 3 N–H and O–H groups in total. The zero-order valence-corrected chi connectivity index (χ0v) is 11.3. The van der Waals surface area contributed by atoms with Crippen molar-refractivity contribution in [3.8, 4) is 0 Å². The maximum atomic E-state index is 11.6. The quantitative estimate of drug-likeness (QED) is 0.647. The van der Waals surface area contributed by atoms with E-state index in [1.807, 2.05) is 20.9 Å². The predicted molar refractivity (Wildman–Crippen MR) is 67.7 cm³/mol. The van der Waals surface area contributed by atoms with Gasteiger partial charge < -0.3 is 15.5 Å². The van der Waals surface area contributed by atoms with Crippen molar-refractivity contribution in [3.05, 3.63) is 17.0 Å². The van der Waals surface area contributed by atoms with Gasteiger partial charge in [0, 0.05) is 19.2 Å². The van der Waals surface area contributed by atoms with Crippen LogP contribution in [0.1, 0.15) is 23.4 Å². The standard InChI is InChI=1S/C12H19N3O4/c1-7-9(8(2)15(3)14-7)4-5-11(17)13-10(6-16)12(18)19/h10,16H,4-6H2,1-3H3,(H,13,17)(H,18,19)/t10-/m1/s1. The molecule has 0 aromatic carbocycles. The zero-order chi connectivity index (χ0) is 14.6. The molecule has 1 heterocycles. The molecule has 19 heavy (non-hydrogen) atoms. The molecule has 7 heteroatoms. The Balaban J connectivity index is 2.57. The lowest BCUT2D eigenvalue weighted by molar-refractivity contribution is -0.142. The van der Waals surface area contributed by atoms with Gasteiger partial charge in [-0.25, -0.2) is 4.79 Å². The number of carboxylic acid groups (broad SMARTS) is 1. The third-order valence-corrected chi connectivity index (χ3v) is 3.08. The molecule has 0 saturated heterocycles. The number of carbonyl (C=O) groups excluding carboxylic acids is 1. The first kappa shape index (κ1) is 15.2. The molecule has 7 nitrogen and oxygen atoms in total. The van der Waals surface area contributed by atoms with Gasteiger partial charge in [-0.1, -0.05) is 0 Å². The van der Waals surface area contributed by atoms with E-state index in [1.165, 1.54) is 0 Å². The van der Waals surface area contributed by atoms with Crippen LogP contribution in [0, 0.1) is 13.8 Å². The monoisotopic (exact) mass is 269 g/mol. The van der Waals surface area contributed by atoms with Gasteiger partial charge in [-0.15, -0.1) is 0 Å². The molecule has 1 rings (SSSR count). The SMILES string of the molecule is Cc1nn(C)c(C)c1CCC(=O)N[C@H](CO)C(=O)O. The van der Waals surface area contributed by atoms with Crippen LogP contribution in [-0.2, 0) is 23.1 Å². The van der Waals surface area contributed by atoms with Crippen LogP contribution in [0.5, 0.6) is 0 Å². The van der Waals surface area contributed by atoms with Gasteiger partial charge in [-0.3, -0.25) is 9.48 Å². The number of rotatable bonds is 6. The Bertz CT molecular complexity index is 482. The summed E-state index contributed by atoms with van der Waals surface area (Å²) in [6.45, 7) is 3.17. The van der Waals surface area contributed by atoms with Gasteiger partial charge in [0.2, 0.25) is 5.91 Å². The van der Waals surface area contributed by atoms with E-state index in [9.17, 15) is 9.59 Å². The molecule has 106 valence electrons. The van der Waals surface area contributed by atoms with Crippen LogP contribution in [0.15, 0.2) is 0 Å². The van der Waals surface area contributed by atoms with Gasteiger partial charge in [-0.05, 0) is 25.8 Å². The highest BCUT2D eigenvalue weighted by Gasteiger charge is 2.19. The Morgan fingerprint density at radius 3 is 2.47 bits per heavy atom. The van der Waals surface area contributed by atoms with Crippen LogP contribution >= 0.6 is 0 Å². The maximum absolute atomic E-state index is 11.6. The van der Waals surface area contributed by atoms with Crippen molar-refractivity contribution in [1.82, 2.24) is 15.1 Å². The summed E-state index contributed by atoms with van der Waals surface area (Å²) in [5.41, 5.74) is 2.85. The minimum atomic E-state index is -1.25. The number of hydrogen-bond acceptors (Lipinski definition) is 4. The Kier molecular flexibility index (Phi) is 5.05. The summed E-state index contributed by atoms with van der Waals surface area (Å²) in [5, 5.41) is 24.0. The van der Waals surface area contributed by atoms with Gasteiger partial charge in [0.15, 0.2) is 0 Å². The first-order valence-electron chi connectivity index (χ1n) is 5.99. The molecule has 1 aromatic rings. The first-order chi connectivity index (χ1) is 8.86. The van der Waals surface area contributed by atoms with Crippen molar-refractivity contribution in [2.75, 3.05) is 6.61 Å². The number of carboxylic acids is 1. The normalized spacial score (nSPS) is 12.2. The number of hydrogen-bond donors (Lipinski definition) is 3. The molecule has 1 amide bonds. The Morgan fingerprint density at radius 1 is 1.42 bits per heavy atom. The summed E-state index contributed by atoms with van der Waals surface area (Å²) in [6, 6.07) is -1.25. The molecule has 0 fully saturated rings. The lowest BCUT2D eigenvalue weighted by Gasteiger charge is -2.11. The molecule has 0 aliphatic heterocycles. The fourth-order valence-electron chi connectivity index (χ4n) is 1.87. The molecule has 0 aliphatic rings. The zero-order valence-electron chi connectivity index (χ0n) is 11.3. The average molecular weight is 269 g/mol. The number of aryl methyl sites for hydroxylation is 2. The van der Waals surface area contributed by atoms with Crippen molar-refractivity contribution in [3.63, 3.8) is 0 Å². The van der Waals surface area contributed by atoms with E-state index in [4.69, 9.17) is 10.2 Å². The number of aliphatic hydroxyl groups is 1. The highest BCUT2D eigenvalue weighted by molar-refractivity contribution is 5.83. The summed E-state index contributed by atoms with van der Waals surface area (Å²) >= 11 is 0. The molecule has 1 atom stereocenters. The summed E-state index contributed by atoms with van der Waals surface area (Å²) in [4.78, 5) is 22.3. The topological polar surface area (TPSA) is 104 Å². The molecule has 0 saturated carbocycles. The van der Waals surface area contributed by atoms with E-state index < -0.39 is 24.5 Å². The first-order valence-corrected chi connectivity index (χ1v) is 5.99.